The van der Waals surface area contributed by atoms with E-state index in [1.807, 2.05) is 6.92 Å². The van der Waals surface area contributed by atoms with Crippen molar-refractivity contribution in [3.8, 4) is 5.69 Å². The molecule has 9 heteroatoms. The molecular formula is C21H25FN4O4. The lowest BCUT2D eigenvalue weighted by atomic mass is 9.95. The molecule has 1 aromatic carbocycles. The number of imide groups is 1. The zero-order valence-electron chi connectivity index (χ0n) is 16.9. The average Bonchev–Trinajstić information content (AvgIpc) is 3.12. The van der Waals surface area contributed by atoms with Crippen LogP contribution < -0.4 is 10.6 Å². The minimum Gasteiger partial charge on any atom is -0.451 e. The van der Waals surface area contributed by atoms with Gasteiger partial charge in [-0.2, -0.15) is 5.10 Å². The van der Waals surface area contributed by atoms with Gasteiger partial charge in [-0.25, -0.2) is 18.7 Å². The molecule has 0 radical (unpaired) electrons. The molecule has 0 saturated heterocycles. The van der Waals surface area contributed by atoms with Crippen LogP contribution in [0.4, 0.5) is 9.18 Å². The van der Waals surface area contributed by atoms with Crippen LogP contribution in [0, 0.1) is 5.82 Å². The van der Waals surface area contributed by atoms with Crippen molar-refractivity contribution in [1.82, 2.24) is 20.4 Å². The second kappa shape index (κ2) is 10.00. The minimum absolute atomic E-state index is 0.147. The number of aromatic nitrogens is 2. The fraction of sp³-hybridized carbons (Fsp3) is 0.429. The first kappa shape index (κ1) is 21.5. The normalized spacial score (nSPS) is 12.7. The molecule has 1 aliphatic rings. The molecule has 0 bridgehead atoms. The van der Waals surface area contributed by atoms with E-state index in [1.165, 1.54) is 12.1 Å². The topological polar surface area (TPSA) is 102 Å². The third-order valence-corrected chi connectivity index (χ3v) is 4.85. The van der Waals surface area contributed by atoms with Crippen LogP contribution in [0.5, 0.6) is 0 Å². The van der Waals surface area contributed by atoms with E-state index in [1.54, 1.807) is 16.8 Å². The van der Waals surface area contributed by atoms with Crippen LogP contribution in [-0.2, 0) is 22.4 Å². The average molecular weight is 416 g/mol. The summed E-state index contributed by atoms with van der Waals surface area (Å²) in [6, 6.07) is 5.23. The quantitative estimate of drug-likeness (QED) is 0.534. The van der Waals surface area contributed by atoms with Gasteiger partial charge in [0.05, 0.1) is 5.69 Å². The summed E-state index contributed by atoms with van der Waals surface area (Å²) in [6.07, 6.45) is 5.02. The van der Waals surface area contributed by atoms with E-state index >= 15 is 0 Å². The smallest absolute Gasteiger partial charge is 0.359 e. The lowest BCUT2D eigenvalue weighted by Gasteiger charge is -2.14. The molecule has 3 amide bonds. The van der Waals surface area contributed by atoms with Crippen molar-refractivity contribution in [2.24, 2.45) is 0 Å². The van der Waals surface area contributed by atoms with Crippen molar-refractivity contribution in [3.05, 3.63) is 47.0 Å². The number of rotatable bonds is 7. The zero-order chi connectivity index (χ0) is 21.5. The Morgan fingerprint density at radius 2 is 1.90 bits per heavy atom. The van der Waals surface area contributed by atoms with Crippen LogP contribution in [0.15, 0.2) is 24.3 Å². The number of amides is 3. The van der Waals surface area contributed by atoms with Gasteiger partial charge in [0.2, 0.25) is 0 Å². The summed E-state index contributed by atoms with van der Waals surface area (Å²) in [5.41, 5.74) is 2.47. The van der Waals surface area contributed by atoms with Crippen LogP contribution in [0.1, 0.15) is 54.4 Å². The second-order valence-electron chi connectivity index (χ2n) is 7.10. The number of urea groups is 1. The number of hydrogen-bond acceptors (Lipinski definition) is 5. The molecule has 0 unspecified atom stereocenters. The summed E-state index contributed by atoms with van der Waals surface area (Å²) in [5, 5.41) is 9.05. The van der Waals surface area contributed by atoms with Crippen molar-refractivity contribution in [2.45, 2.75) is 45.4 Å². The van der Waals surface area contributed by atoms with Crippen LogP contribution in [0.2, 0.25) is 0 Å². The highest BCUT2D eigenvalue weighted by Crippen LogP contribution is 2.27. The van der Waals surface area contributed by atoms with E-state index in [9.17, 15) is 18.8 Å². The van der Waals surface area contributed by atoms with Crippen molar-refractivity contribution in [2.75, 3.05) is 13.2 Å². The predicted molar refractivity (Wildman–Crippen MR) is 107 cm³/mol. The number of carbonyl (C=O) groups excluding carboxylic acids is 3. The van der Waals surface area contributed by atoms with Gasteiger partial charge >= 0.3 is 12.0 Å². The number of halogens is 1. The van der Waals surface area contributed by atoms with E-state index in [4.69, 9.17) is 4.74 Å². The third kappa shape index (κ3) is 5.22. The molecule has 1 heterocycles. The van der Waals surface area contributed by atoms with Gasteiger partial charge in [-0.15, -0.1) is 0 Å². The minimum atomic E-state index is -0.726. The Bertz CT molecular complexity index is 924. The number of nitrogens with one attached hydrogen (secondary N) is 2. The molecule has 3 rings (SSSR count). The van der Waals surface area contributed by atoms with Crippen LogP contribution in [0.3, 0.4) is 0 Å². The van der Waals surface area contributed by atoms with Gasteiger partial charge in [0, 0.05) is 17.8 Å². The molecule has 0 saturated carbocycles. The lowest BCUT2D eigenvalue weighted by Crippen LogP contribution is -2.41. The summed E-state index contributed by atoms with van der Waals surface area (Å²) >= 11 is 0. The Balaban J connectivity index is 1.66. The standard InChI is InChI=1S/C21H25FN4O4/c1-2-3-12-23-21(29)24-18(27)13-30-20(28)19-16-6-4-5-7-17(16)26(25-19)15-10-8-14(22)9-11-15/h8-11H,2-7,12-13H2,1H3,(H2,23,24,27,29). The molecule has 0 fully saturated rings. The van der Waals surface area contributed by atoms with Gasteiger partial charge in [-0.05, 0) is 56.4 Å². The Morgan fingerprint density at radius 3 is 2.63 bits per heavy atom. The largest absolute Gasteiger partial charge is 0.451 e. The summed E-state index contributed by atoms with van der Waals surface area (Å²) in [4.78, 5) is 36.0. The van der Waals surface area contributed by atoms with Gasteiger partial charge in [0.25, 0.3) is 5.91 Å². The Kier molecular flexibility index (Phi) is 7.16. The van der Waals surface area contributed by atoms with E-state index < -0.39 is 24.5 Å². The first-order valence-electron chi connectivity index (χ1n) is 10.1. The number of nitrogens with zero attached hydrogens (tertiary/aromatic N) is 2. The predicted octanol–water partition coefficient (Wildman–Crippen LogP) is 2.67. The Morgan fingerprint density at radius 1 is 1.17 bits per heavy atom. The van der Waals surface area contributed by atoms with Gasteiger partial charge in [-0.1, -0.05) is 13.3 Å². The number of unbranched alkanes of at least 4 members (excludes halogenated alkanes) is 1. The number of carbonyl (C=O) groups is 3. The molecule has 30 heavy (non-hydrogen) atoms. The zero-order valence-corrected chi connectivity index (χ0v) is 16.9. The van der Waals surface area contributed by atoms with Gasteiger partial charge in [0.15, 0.2) is 12.3 Å². The van der Waals surface area contributed by atoms with Gasteiger partial charge < -0.3 is 10.1 Å². The molecule has 0 spiro atoms. The SMILES string of the molecule is CCCCNC(=O)NC(=O)COC(=O)c1nn(-c2ccc(F)cc2)c2c1CCCC2. The number of ether oxygens (including phenoxy) is 1. The third-order valence-electron chi connectivity index (χ3n) is 4.85. The molecule has 0 aliphatic heterocycles. The molecule has 160 valence electrons. The van der Waals surface area contributed by atoms with Gasteiger partial charge in [-0.3, -0.25) is 10.1 Å². The van der Waals surface area contributed by atoms with E-state index in [2.05, 4.69) is 15.7 Å². The maximum Gasteiger partial charge on any atom is 0.359 e. The molecule has 0 atom stereocenters. The maximum atomic E-state index is 13.3. The number of hydrogen-bond donors (Lipinski definition) is 2. The van der Waals surface area contributed by atoms with E-state index in [0.717, 1.165) is 43.4 Å². The van der Waals surface area contributed by atoms with Crippen molar-refractivity contribution >= 4 is 17.9 Å². The highest BCUT2D eigenvalue weighted by Gasteiger charge is 2.27. The monoisotopic (exact) mass is 416 g/mol. The highest BCUT2D eigenvalue weighted by atomic mass is 19.1. The number of benzene rings is 1. The first-order valence-corrected chi connectivity index (χ1v) is 10.1. The number of esters is 1. The summed E-state index contributed by atoms with van der Waals surface area (Å²) in [5.74, 6) is -1.80. The molecule has 2 N–H and O–H groups in total. The van der Waals surface area contributed by atoms with Crippen molar-refractivity contribution in [1.29, 1.82) is 0 Å². The summed E-state index contributed by atoms with van der Waals surface area (Å²) in [7, 11) is 0. The lowest BCUT2D eigenvalue weighted by molar-refractivity contribution is -0.123. The number of fused-ring (bicyclic) bond motifs is 1. The van der Waals surface area contributed by atoms with Crippen molar-refractivity contribution < 1.29 is 23.5 Å². The molecule has 1 aliphatic carbocycles. The van der Waals surface area contributed by atoms with Crippen LogP contribution in [0.25, 0.3) is 5.69 Å². The van der Waals surface area contributed by atoms with Crippen molar-refractivity contribution in [3.63, 3.8) is 0 Å². The fourth-order valence-electron chi connectivity index (χ4n) is 3.34. The Hall–Kier alpha value is -3.23. The molecule has 2 aromatic rings. The van der Waals surface area contributed by atoms with Crippen LogP contribution >= 0.6 is 0 Å². The Labute approximate surface area is 173 Å². The molecule has 8 nitrogen and oxygen atoms in total. The van der Waals surface area contributed by atoms with E-state index in [0.29, 0.717) is 18.7 Å². The fourth-order valence-corrected chi connectivity index (χ4v) is 3.34. The van der Waals surface area contributed by atoms with E-state index in [-0.39, 0.29) is 11.5 Å². The molecule has 1 aromatic heterocycles. The summed E-state index contributed by atoms with van der Waals surface area (Å²) < 4.78 is 20.0. The second-order valence-corrected chi connectivity index (χ2v) is 7.10. The van der Waals surface area contributed by atoms with Gasteiger partial charge in [0.1, 0.15) is 5.82 Å². The maximum absolute atomic E-state index is 13.3. The summed E-state index contributed by atoms with van der Waals surface area (Å²) in [6.45, 7) is 1.86. The molecular weight excluding hydrogens is 391 g/mol. The first-order chi connectivity index (χ1) is 14.5. The van der Waals surface area contributed by atoms with Crippen LogP contribution in [-0.4, -0.2) is 40.8 Å². The highest BCUT2D eigenvalue weighted by molar-refractivity contribution is 5.97.